The van der Waals surface area contributed by atoms with E-state index in [1.807, 2.05) is 59.9 Å². The van der Waals surface area contributed by atoms with Crippen LogP contribution in [0.25, 0.3) is 43.6 Å². The van der Waals surface area contributed by atoms with E-state index in [0.717, 1.165) is 68.0 Å². The molecule has 0 aliphatic carbocycles. The molecule has 6 rings (SSSR count). The molecule has 0 bridgehead atoms. The van der Waals surface area contributed by atoms with Crippen LogP contribution in [0, 0.1) is 0 Å². The zero-order valence-electron chi connectivity index (χ0n) is 20.9. The van der Waals surface area contributed by atoms with E-state index in [-0.39, 0.29) is 11.5 Å². The number of thioether (sulfide) groups is 2. The Morgan fingerprint density at radius 1 is 0.474 bits per heavy atom. The summed E-state index contributed by atoms with van der Waals surface area (Å²) in [4.78, 5) is 12.0. The number of phenolic OH excluding ortho intramolecular Hbond substituents is 2. The quantitative estimate of drug-likeness (QED) is 0.109. The molecule has 0 spiro atoms. The van der Waals surface area contributed by atoms with Crippen molar-refractivity contribution in [2.45, 2.75) is 35.5 Å². The van der Waals surface area contributed by atoms with E-state index in [1.54, 1.807) is 12.1 Å². The fourth-order valence-electron chi connectivity index (χ4n) is 4.90. The lowest BCUT2D eigenvalue weighted by molar-refractivity contribution is 0.475. The summed E-state index contributed by atoms with van der Waals surface area (Å²) in [5.74, 6) is 2.62. The van der Waals surface area contributed by atoms with Crippen molar-refractivity contribution in [3.63, 3.8) is 0 Å². The first-order valence-electron chi connectivity index (χ1n) is 13.0. The van der Waals surface area contributed by atoms with Crippen molar-refractivity contribution >= 4 is 67.1 Å². The van der Waals surface area contributed by atoms with Crippen LogP contribution in [-0.4, -0.2) is 31.7 Å². The van der Waals surface area contributed by atoms with Gasteiger partial charge in [-0.3, -0.25) is 0 Å². The zero-order chi connectivity index (χ0) is 25.9. The van der Waals surface area contributed by atoms with Crippen molar-refractivity contribution in [3.05, 3.63) is 84.9 Å². The lowest BCUT2D eigenvalue weighted by Crippen LogP contribution is -1.90. The lowest BCUT2D eigenvalue weighted by atomic mass is 10.1. The topological polar surface area (TPSA) is 66.2 Å². The Bertz CT molecular complexity index is 1640. The van der Waals surface area contributed by atoms with Gasteiger partial charge >= 0.3 is 0 Å². The number of aromatic nitrogens is 2. The van der Waals surface area contributed by atoms with Gasteiger partial charge in [0.05, 0.1) is 22.1 Å². The molecule has 0 atom stereocenters. The summed E-state index contributed by atoms with van der Waals surface area (Å²) < 4.78 is 0. The number of rotatable bonds is 9. The van der Waals surface area contributed by atoms with Crippen LogP contribution in [-0.2, 0) is 0 Å². The van der Waals surface area contributed by atoms with Crippen LogP contribution < -0.4 is 0 Å². The molecular weight excluding hydrogens is 508 g/mol. The maximum Gasteiger partial charge on any atom is 0.116 e. The summed E-state index contributed by atoms with van der Waals surface area (Å²) in [6.45, 7) is 0. The maximum atomic E-state index is 10.1. The molecule has 2 aromatic heterocycles. The summed E-state index contributed by atoms with van der Waals surface area (Å²) in [6, 6.07) is 27.4. The number of benzene rings is 4. The molecule has 4 nitrogen and oxygen atoms in total. The van der Waals surface area contributed by atoms with Crippen LogP contribution in [0.3, 0.4) is 0 Å². The first-order chi connectivity index (χ1) is 18.7. The molecule has 0 radical (unpaired) electrons. The van der Waals surface area contributed by atoms with Gasteiger partial charge in [0.25, 0.3) is 0 Å². The van der Waals surface area contributed by atoms with E-state index < -0.39 is 0 Å². The van der Waals surface area contributed by atoms with Crippen molar-refractivity contribution in [1.82, 2.24) is 9.97 Å². The number of pyridine rings is 2. The number of hydrogen-bond acceptors (Lipinski definition) is 6. The predicted octanol–water partition coefficient (Wildman–Crippen LogP) is 8.95. The number of nitrogens with zero attached hydrogens (tertiary/aromatic N) is 2. The minimum absolute atomic E-state index is 0.277. The average Bonchev–Trinajstić information content (AvgIpc) is 2.93. The minimum Gasteiger partial charge on any atom is -0.508 e. The minimum atomic E-state index is 0.277. The molecule has 6 heteroatoms. The van der Waals surface area contributed by atoms with E-state index in [1.165, 1.54) is 22.6 Å². The lowest BCUT2D eigenvalue weighted by Gasteiger charge is -2.11. The largest absolute Gasteiger partial charge is 0.508 e. The summed E-state index contributed by atoms with van der Waals surface area (Å²) in [7, 11) is 0. The smallest absolute Gasteiger partial charge is 0.116 e. The van der Waals surface area contributed by atoms with Gasteiger partial charge < -0.3 is 10.2 Å². The molecule has 4 aromatic carbocycles. The fourth-order valence-corrected chi connectivity index (χ4v) is 7.30. The van der Waals surface area contributed by atoms with Crippen molar-refractivity contribution in [1.29, 1.82) is 0 Å². The molecule has 0 amide bonds. The molecule has 0 unspecified atom stereocenters. The SMILES string of the molecule is Oc1ccc2nc3ccccc3c(SCCCCCCSc3c4ccccc4nc4ccc(O)cc34)c2c1. The highest BCUT2D eigenvalue weighted by Gasteiger charge is 2.12. The Kier molecular flexibility index (Phi) is 7.25. The Balaban J connectivity index is 1.07. The van der Waals surface area contributed by atoms with E-state index in [9.17, 15) is 10.2 Å². The second-order valence-corrected chi connectivity index (χ2v) is 11.6. The number of fused-ring (bicyclic) bond motifs is 4. The highest BCUT2D eigenvalue weighted by molar-refractivity contribution is 8.00. The van der Waals surface area contributed by atoms with E-state index >= 15 is 0 Å². The van der Waals surface area contributed by atoms with Crippen LogP contribution in [0.2, 0.25) is 0 Å². The summed E-state index contributed by atoms with van der Waals surface area (Å²) >= 11 is 3.73. The van der Waals surface area contributed by atoms with Crippen molar-refractivity contribution in [2.24, 2.45) is 0 Å². The average molecular weight is 537 g/mol. The molecule has 0 saturated heterocycles. The maximum absolute atomic E-state index is 10.1. The molecule has 2 heterocycles. The summed E-state index contributed by atoms with van der Waals surface area (Å²) in [5.41, 5.74) is 3.83. The van der Waals surface area contributed by atoms with Crippen molar-refractivity contribution in [3.8, 4) is 11.5 Å². The van der Waals surface area contributed by atoms with Gasteiger partial charge in [-0.15, -0.1) is 23.5 Å². The van der Waals surface area contributed by atoms with E-state index in [0.29, 0.717) is 0 Å². The molecule has 0 fully saturated rings. The molecule has 0 aliphatic heterocycles. The molecule has 0 saturated carbocycles. The standard InChI is InChI=1S/C32H28N2O2S2/c35-21-13-15-29-25(19-21)31(23-9-3-5-11-27(23)33-29)37-17-7-1-2-8-18-38-32-24-10-4-6-12-28(24)34-30-16-14-22(36)20-26(30)32/h3-6,9-16,19-20,35-36H,1-2,7-8,17-18H2. The van der Waals surface area contributed by atoms with Gasteiger partial charge in [0, 0.05) is 31.3 Å². The third kappa shape index (κ3) is 5.11. The summed E-state index contributed by atoms with van der Waals surface area (Å²) in [6.07, 6.45) is 4.64. The Morgan fingerprint density at radius 3 is 1.37 bits per heavy atom. The highest BCUT2D eigenvalue weighted by atomic mass is 32.2. The van der Waals surface area contributed by atoms with Crippen molar-refractivity contribution < 1.29 is 10.2 Å². The van der Waals surface area contributed by atoms with Crippen LogP contribution in [0.5, 0.6) is 11.5 Å². The van der Waals surface area contributed by atoms with Gasteiger partial charge in [0.15, 0.2) is 0 Å². The normalized spacial score (nSPS) is 11.7. The first kappa shape index (κ1) is 24.8. The Labute approximate surface area is 230 Å². The third-order valence-electron chi connectivity index (χ3n) is 6.76. The van der Waals surface area contributed by atoms with Gasteiger partial charge in [-0.25, -0.2) is 9.97 Å². The number of unbranched alkanes of at least 4 members (excludes halogenated alkanes) is 3. The molecule has 6 aromatic rings. The molecule has 0 aliphatic rings. The second kappa shape index (κ2) is 11.1. The van der Waals surface area contributed by atoms with E-state index in [2.05, 4.69) is 36.4 Å². The molecular formula is C32H28N2O2S2. The van der Waals surface area contributed by atoms with Crippen molar-refractivity contribution in [2.75, 3.05) is 11.5 Å². The van der Waals surface area contributed by atoms with E-state index in [4.69, 9.17) is 9.97 Å². The van der Waals surface area contributed by atoms with Gasteiger partial charge in [-0.05, 0) is 72.9 Å². The van der Waals surface area contributed by atoms with Gasteiger partial charge in [-0.2, -0.15) is 0 Å². The van der Waals surface area contributed by atoms with Gasteiger partial charge in [-0.1, -0.05) is 49.2 Å². The molecule has 2 N–H and O–H groups in total. The Hall–Kier alpha value is -3.48. The third-order valence-corrected chi connectivity index (χ3v) is 9.20. The van der Waals surface area contributed by atoms with Gasteiger partial charge in [0.2, 0.25) is 0 Å². The van der Waals surface area contributed by atoms with Crippen LogP contribution in [0.4, 0.5) is 0 Å². The van der Waals surface area contributed by atoms with Crippen LogP contribution >= 0.6 is 23.5 Å². The van der Waals surface area contributed by atoms with Crippen LogP contribution in [0.15, 0.2) is 94.7 Å². The Morgan fingerprint density at radius 2 is 0.895 bits per heavy atom. The first-order valence-corrected chi connectivity index (χ1v) is 14.9. The van der Waals surface area contributed by atoms with Gasteiger partial charge in [0.1, 0.15) is 11.5 Å². The number of para-hydroxylation sites is 2. The molecule has 38 heavy (non-hydrogen) atoms. The fraction of sp³-hybridized carbons (Fsp3) is 0.188. The second-order valence-electron chi connectivity index (χ2n) is 9.43. The number of phenols is 2. The number of aromatic hydroxyl groups is 2. The monoisotopic (exact) mass is 536 g/mol. The molecule has 190 valence electrons. The summed E-state index contributed by atoms with van der Waals surface area (Å²) in [5, 5.41) is 24.5. The van der Waals surface area contributed by atoms with Crippen LogP contribution in [0.1, 0.15) is 25.7 Å². The number of hydrogen-bond donors (Lipinski definition) is 2. The zero-order valence-corrected chi connectivity index (χ0v) is 22.6. The predicted molar refractivity (Wildman–Crippen MR) is 162 cm³/mol. The highest BCUT2D eigenvalue weighted by Crippen LogP contribution is 2.37.